The molecule has 1 heterocycles. The van der Waals surface area contributed by atoms with E-state index in [2.05, 4.69) is 21.4 Å². The molecule has 8 heteroatoms. The molecule has 0 spiro atoms. The van der Waals surface area contributed by atoms with Crippen LogP contribution >= 0.6 is 11.6 Å². The van der Waals surface area contributed by atoms with Crippen molar-refractivity contribution in [3.05, 3.63) is 33.2 Å². The van der Waals surface area contributed by atoms with E-state index >= 15 is 0 Å². The highest BCUT2D eigenvalue weighted by atomic mass is 35.5. The van der Waals surface area contributed by atoms with Gasteiger partial charge >= 0.3 is 0 Å². The highest BCUT2D eigenvalue weighted by Gasteiger charge is 2.21. The van der Waals surface area contributed by atoms with Gasteiger partial charge in [-0.25, -0.2) is 0 Å². The molecule has 1 N–H and O–H groups in total. The molecule has 1 aromatic rings. The summed E-state index contributed by atoms with van der Waals surface area (Å²) in [5, 5.41) is 16.1. The average molecular weight is 294 g/mol. The van der Waals surface area contributed by atoms with Gasteiger partial charge in [0, 0.05) is 11.5 Å². The molecule has 0 saturated carbocycles. The van der Waals surface area contributed by atoms with Crippen LogP contribution in [0.4, 0.5) is 0 Å². The van der Waals surface area contributed by atoms with Crippen molar-refractivity contribution in [2.75, 3.05) is 19.9 Å². The molecule has 2 rings (SSSR count). The third kappa shape index (κ3) is 3.25. The largest absolute Gasteiger partial charge is 0.454 e. The molecule has 1 unspecified atom stereocenters. The van der Waals surface area contributed by atoms with Gasteiger partial charge in [-0.3, -0.25) is 5.32 Å². The van der Waals surface area contributed by atoms with Gasteiger partial charge in [0.1, 0.15) is 6.04 Å². The first kappa shape index (κ1) is 14.3. The van der Waals surface area contributed by atoms with Crippen LogP contribution in [-0.4, -0.2) is 19.9 Å². The Balaban J connectivity index is 2.03. The molecule has 0 saturated heterocycles. The summed E-state index contributed by atoms with van der Waals surface area (Å²) in [5.41, 5.74) is 8.88. The fraction of sp³-hybridized carbons (Fsp3) is 0.417. The van der Waals surface area contributed by atoms with Crippen molar-refractivity contribution < 1.29 is 9.47 Å². The molecule has 0 radical (unpaired) electrons. The monoisotopic (exact) mass is 293 g/mol. The van der Waals surface area contributed by atoms with Gasteiger partial charge in [0.15, 0.2) is 11.5 Å². The summed E-state index contributed by atoms with van der Waals surface area (Å²) in [7, 11) is 0. The Bertz CT molecular complexity index is 580. The lowest BCUT2D eigenvalue weighted by atomic mass is 10.1. The normalized spacial score (nSPS) is 13.4. The van der Waals surface area contributed by atoms with Crippen molar-refractivity contribution in [3.8, 4) is 17.6 Å². The third-order valence-electron chi connectivity index (χ3n) is 2.76. The van der Waals surface area contributed by atoms with Gasteiger partial charge in [0.05, 0.1) is 11.1 Å². The highest BCUT2D eigenvalue weighted by Crippen LogP contribution is 2.40. The Labute approximate surface area is 120 Å². The highest BCUT2D eigenvalue weighted by molar-refractivity contribution is 6.32. The number of nitrogens with one attached hydrogen (secondary N) is 1. The summed E-state index contributed by atoms with van der Waals surface area (Å²) in [6, 6.07) is 5.07. The first-order chi connectivity index (χ1) is 9.76. The van der Waals surface area contributed by atoms with Crippen LogP contribution in [0.5, 0.6) is 11.5 Å². The van der Waals surface area contributed by atoms with Gasteiger partial charge in [-0.15, -0.1) is 0 Å². The van der Waals surface area contributed by atoms with E-state index in [1.54, 1.807) is 12.1 Å². The summed E-state index contributed by atoms with van der Waals surface area (Å²) in [6.07, 6.45) is 0.653. The summed E-state index contributed by atoms with van der Waals surface area (Å²) in [6.45, 7) is 1.09. The number of halogens is 1. The van der Waals surface area contributed by atoms with E-state index in [1.807, 2.05) is 0 Å². The zero-order valence-corrected chi connectivity index (χ0v) is 11.3. The molecule has 1 atom stereocenters. The average Bonchev–Trinajstić information content (AvgIpc) is 2.92. The van der Waals surface area contributed by atoms with E-state index in [0.717, 1.165) is 0 Å². The van der Waals surface area contributed by atoms with Gasteiger partial charge in [0.25, 0.3) is 0 Å². The fourth-order valence-corrected chi connectivity index (χ4v) is 2.11. The molecule has 0 amide bonds. The van der Waals surface area contributed by atoms with Crippen LogP contribution in [-0.2, 0) is 0 Å². The minimum atomic E-state index is -0.506. The molecule has 1 aliphatic rings. The fourth-order valence-electron chi connectivity index (χ4n) is 1.83. The Morgan fingerprint density at radius 3 is 3.15 bits per heavy atom. The Morgan fingerprint density at radius 2 is 2.40 bits per heavy atom. The first-order valence-corrected chi connectivity index (χ1v) is 6.37. The molecule has 0 bridgehead atoms. The maximum Gasteiger partial charge on any atom is 0.231 e. The number of rotatable bonds is 6. The van der Waals surface area contributed by atoms with Crippen molar-refractivity contribution in [2.24, 2.45) is 5.11 Å². The topological polar surface area (TPSA) is 103 Å². The van der Waals surface area contributed by atoms with Crippen LogP contribution in [0.3, 0.4) is 0 Å². The molecule has 0 aromatic heterocycles. The Hall–Kier alpha value is -2.13. The van der Waals surface area contributed by atoms with Gasteiger partial charge in [-0.2, -0.15) is 5.26 Å². The molecular formula is C12H12ClN5O2. The van der Waals surface area contributed by atoms with E-state index in [4.69, 9.17) is 26.6 Å². The number of benzene rings is 1. The van der Waals surface area contributed by atoms with Crippen molar-refractivity contribution in [1.82, 2.24) is 5.32 Å². The minimum absolute atomic E-state index is 0.134. The van der Waals surface area contributed by atoms with E-state index in [-0.39, 0.29) is 6.79 Å². The number of ether oxygens (including phenoxy) is 2. The third-order valence-corrected chi connectivity index (χ3v) is 3.04. The van der Waals surface area contributed by atoms with Gasteiger partial charge in [-0.1, -0.05) is 16.7 Å². The number of nitriles is 1. The predicted molar refractivity (Wildman–Crippen MR) is 72.6 cm³/mol. The Kier molecular flexibility index (Phi) is 4.91. The van der Waals surface area contributed by atoms with Crippen LogP contribution in [0, 0.1) is 11.3 Å². The maximum absolute atomic E-state index is 9.21. The lowest BCUT2D eigenvalue weighted by molar-refractivity contribution is 0.174. The van der Waals surface area contributed by atoms with Crippen molar-refractivity contribution in [1.29, 1.82) is 5.26 Å². The Morgan fingerprint density at radius 1 is 1.55 bits per heavy atom. The van der Waals surface area contributed by atoms with Crippen molar-refractivity contribution in [3.63, 3.8) is 0 Å². The summed E-state index contributed by atoms with van der Waals surface area (Å²) in [4.78, 5) is 2.67. The van der Waals surface area contributed by atoms with E-state index in [9.17, 15) is 5.26 Å². The van der Waals surface area contributed by atoms with E-state index in [0.29, 0.717) is 41.6 Å². The second-order valence-corrected chi connectivity index (χ2v) is 4.47. The lowest BCUT2D eigenvalue weighted by Gasteiger charge is -2.12. The second-order valence-electron chi connectivity index (χ2n) is 4.06. The number of fused-ring (bicyclic) bond motifs is 1. The number of hydrogen-bond acceptors (Lipinski definition) is 5. The smallest absolute Gasteiger partial charge is 0.231 e. The quantitative estimate of drug-likeness (QED) is 0.377. The maximum atomic E-state index is 9.21. The summed E-state index contributed by atoms with van der Waals surface area (Å²) in [5.74, 6) is 1.05. The standard InChI is InChI=1S/C12H12ClN5O2/c13-9-4-8(5-11-12(9)20-7-19-11)10(6-14)16-2-1-3-17-18-15/h4-5,10,16H,1-3,7H2. The van der Waals surface area contributed by atoms with Crippen LogP contribution in [0.1, 0.15) is 18.0 Å². The number of nitrogens with zero attached hydrogens (tertiary/aromatic N) is 4. The zero-order valence-electron chi connectivity index (χ0n) is 10.5. The van der Waals surface area contributed by atoms with Crippen LogP contribution in [0.25, 0.3) is 10.4 Å². The van der Waals surface area contributed by atoms with Gasteiger partial charge in [0.2, 0.25) is 6.79 Å². The molecule has 7 nitrogen and oxygen atoms in total. The SMILES string of the molecule is N#CC(NCCCN=[N+]=[N-])c1cc(Cl)c2c(c1)OCO2. The van der Waals surface area contributed by atoms with Gasteiger partial charge < -0.3 is 9.47 Å². The molecule has 20 heavy (non-hydrogen) atoms. The molecule has 1 aliphatic heterocycles. The van der Waals surface area contributed by atoms with Crippen LogP contribution in [0.15, 0.2) is 17.2 Å². The van der Waals surface area contributed by atoms with Crippen molar-refractivity contribution in [2.45, 2.75) is 12.5 Å². The lowest BCUT2D eigenvalue weighted by Crippen LogP contribution is -2.21. The number of hydrogen-bond donors (Lipinski definition) is 1. The molecule has 104 valence electrons. The molecular weight excluding hydrogens is 282 g/mol. The van der Waals surface area contributed by atoms with Crippen LogP contribution < -0.4 is 14.8 Å². The van der Waals surface area contributed by atoms with Gasteiger partial charge in [-0.05, 0) is 36.2 Å². The van der Waals surface area contributed by atoms with E-state index in [1.165, 1.54) is 0 Å². The zero-order chi connectivity index (χ0) is 14.4. The number of azide groups is 1. The first-order valence-electron chi connectivity index (χ1n) is 5.99. The second kappa shape index (κ2) is 6.87. The molecule has 0 aliphatic carbocycles. The van der Waals surface area contributed by atoms with Crippen LogP contribution in [0.2, 0.25) is 5.02 Å². The molecule has 1 aromatic carbocycles. The predicted octanol–water partition coefficient (Wildman–Crippen LogP) is 2.92. The summed E-state index contributed by atoms with van der Waals surface area (Å²) >= 11 is 6.08. The molecule has 0 fully saturated rings. The van der Waals surface area contributed by atoms with E-state index < -0.39 is 6.04 Å². The minimum Gasteiger partial charge on any atom is -0.454 e. The summed E-state index contributed by atoms with van der Waals surface area (Å²) < 4.78 is 10.5. The van der Waals surface area contributed by atoms with Crippen molar-refractivity contribution >= 4 is 11.6 Å².